The molecule has 1 saturated carbocycles. The minimum atomic E-state index is -0.312. The zero-order valence-electron chi connectivity index (χ0n) is 12.7. The normalized spacial score (nSPS) is 22.4. The Bertz CT molecular complexity index is 470. The van der Waals surface area contributed by atoms with E-state index in [1.165, 1.54) is 6.42 Å². The molecule has 1 fully saturated rings. The molecule has 1 aromatic rings. The van der Waals surface area contributed by atoms with E-state index in [1.54, 1.807) is 0 Å². The number of aryl methyl sites for hydroxylation is 2. The van der Waals surface area contributed by atoms with Crippen molar-refractivity contribution in [2.75, 3.05) is 5.32 Å². The Kier molecular flexibility index (Phi) is 5.05. The number of hydrogen-bond donors (Lipinski definition) is 1. The van der Waals surface area contributed by atoms with Crippen molar-refractivity contribution in [1.82, 2.24) is 0 Å². The van der Waals surface area contributed by atoms with E-state index >= 15 is 0 Å². The molecule has 0 saturated heterocycles. The molecule has 0 spiro atoms. The van der Waals surface area contributed by atoms with Gasteiger partial charge in [0.2, 0.25) is 0 Å². The lowest BCUT2D eigenvalue weighted by atomic mass is 9.88. The number of ether oxygens (including phenoxy) is 1. The molecule has 0 radical (unpaired) electrons. The highest BCUT2D eigenvalue weighted by molar-refractivity contribution is 5.87. The molecule has 2 atom stereocenters. The molecule has 3 nitrogen and oxygen atoms in total. The topological polar surface area (TPSA) is 38.3 Å². The van der Waals surface area contributed by atoms with E-state index in [0.29, 0.717) is 5.92 Å². The summed E-state index contributed by atoms with van der Waals surface area (Å²) >= 11 is 0. The first-order valence-corrected chi connectivity index (χ1v) is 7.68. The molecule has 1 N–H and O–H groups in total. The Hall–Kier alpha value is -1.51. The predicted molar refractivity (Wildman–Crippen MR) is 82.1 cm³/mol. The fourth-order valence-corrected chi connectivity index (χ4v) is 2.93. The highest BCUT2D eigenvalue weighted by Gasteiger charge is 2.25. The zero-order valence-corrected chi connectivity index (χ0v) is 12.7. The van der Waals surface area contributed by atoms with Crippen LogP contribution in [0.2, 0.25) is 0 Å². The van der Waals surface area contributed by atoms with Gasteiger partial charge in [0.1, 0.15) is 6.10 Å². The fraction of sp³-hybridized carbons (Fsp3) is 0.588. The Morgan fingerprint density at radius 2 is 2.10 bits per heavy atom. The maximum absolute atomic E-state index is 12.1. The summed E-state index contributed by atoms with van der Waals surface area (Å²) in [7, 11) is 0. The summed E-state index contributed by atoms with van der Waals surface area (Å²) in [4.78, 5) is 12.1. The molecule has 1 aromatic carbocycles. The number of amides is 1. The van der Waals surface area contributed by atoms with Crippen LogP contribution in [0.5, 0.6) is 0 Å². The van der Waals surface area contributed by atoms with Crippen LogP contribution in [-0.2, 0) is 11.2 Å². The van der Waals surface area contributed by atoms with Gasteiger partial charge in [0, 0.05) is 0 Å². The van der Waals surface area contributed by atoms with Gasteiger partial charge in [0.15, 0.2) is 0 Å². The molecular formula is C17H25NO2. The van der Waals surface area contributed by atoms with Crippen LogP contribution in [-0.4, -0.2) is 12.2 Å². The van der Waals surface area contributed by atoms with Crippen LogP contribution in [0.4, 0.5) is 10.5 Å². The average molecular weight is 275 g/mol. The summed E-state index contributed by atoms with van der Waals surface area (Å²) < 4.78 is 5.61. The predicted octanol–water partition coefficient (Wildman–Crippen LogP) is 4.68. The van der Waals surface area contributed by atoms with Gasteiger partial charge in [-0.25, -0.2) is 4.79 Å². The van der Waals surface area contributed by atoms with Gasteiger partial charge in [0.05, 0.1) is 5.69 Å². The molecule has 0 aromatic heterocycles. The third kappa shape index (κ3) is 3.53. The summed E-state index contributed by atoms with van der Waals surface area (Å²) in [5, 5.41) is 2.94. The van der Waals surface area contributed by atoms with Gasteiger partial charge in [-0.3, -0.25) is 5.32 Å². The molecular weight excluding hydrogens is 250 g/mol. The molecule has 1 aliphatic carbocycles. The number of carbonyl (C=O) groups excluding carboxylic acids is 1. The molecule has 0 heterocycles. The molecule has 2 rings (SSSR count). The van der Waals surface area contributed by atoms with E-state index in [1.807, 2.05) is 25.1 Å². The van der Waals surface area contributed by atoms with Gasteiger partial charge in [-0.1, -0.05) is 38.5 Å². The summed E-state index contributed by atoms with van der Waals surface area (Å²) in [6, 6.07) is 6.08. The lowest BCUT2D eigenvalue weighted by molar-refractivity contribution is 0.0524. The number of hydrogen-bond acceptors (Lipinski definition) is 2. The van der Waals surface area contributed by atoms with Gasteiger partial charge in [-0.05, 0) is 49.7 Å². The monoisotopic (exact) mass is 275 g/mol. The molecule has 1 amide bonds. The zero-order chi connectivity index (χ0) is 14.5. The van der Waals surface area contributed by atoms with Gasteiger partial charge in [0.25, 0.3) is 0 Å². The molecule has 1 aliphatic rings. The Morgan fingerprint density at radius 3 is 2.80 bits per heavy atom. The lowest BCUT2D eigenvalue weighted by Gasteiger charge is -2.28. The minimum Gasteiger partial charge on any atom is -0.446 e. The first-order chi connectivity index (χ1) is 9.61. The molecule has 0 unspecified atom stereocenters. The van der Waals surface area contributed by atoms with Crippen molar-refractivity contribution >= 4 is 11.8 Å². The number of rotatable bonds is 3. The van der Waals surface area contributed by atoms with Crippen LogP contribution in [0, 0.1) is 12.8 Å². The quantitative estimate of drug-likeness (QED) is 0.869. The third-order valence-corrected chi connectivity index (χ3v) is 4.26. The van der Waals surface area contributed by atoms with E-state index in [4.69, 9.17) is 4.74 Å². The summed E-state index contributed by atoms with van der Waals surface area (Å²) in [6.45, 7) is 6.27. The van der Waals surface area contributed by atoms with E-state index < -0.39 is 0 Å². The fourth-order valence-electron chi connectivity index (χ4n) is 2.93. The molecule has 110 valence electrons. The summed E-state index contributed by atoms with van der Waals surface area (Å²) in [5.74, 6) is 0.469. The van der Waals surface area contributed by atoms with Gasteiger partial charge in [-0.15, -0.1) is 0 Å². The standard InChI is InChI=1S/C17H25NO2/c1-4-14-10-7-9-13(3)16(14)18-17(19)20-15-11-6-5-8-12(15)2/h7,9-10,12,15H,4-6,8,11H2,1-3H3,(H,18,19)/t12-,15+/m1/s1. The first kappa shape index (κ1) is 14.9. The number of benzene rings is 1. The van der Waals surface area contributed by atoms with Crippen LogP contribution in [0.1, 0.15) is 50.7 Å². The van der Waals surface area contributed by atoms with Crippen molar-refractivity contribution in [2.45, 2.75) is 59.0 Å². The summed E-state index contributed by atoms with van der Waals surface area (Å²) in [6.07, 6.45) is 5.21. The second-order valence-corrected chi connectivity index (χ2v) is 5.79. The van der Waals surface area contributed by atoms with Crippen LogP contribution >= 0.6 is 0 Å². The SMILES string of the molecule is CCc1cccc(C)c1NC(=O)O[C@H]1CCCC[C@H]1C. The number of nitrogens with one attached hydrogen (secondary N) is 1. The second kappa shape index (κ2) is 6.78. The first-order valence-electron chi connectivity index (χ1n) is 7.68. The Morgan fingerprint density at radius 1 is 1.35 bits per heavy atom. The van der Waals surface area contributed by atoms with Crippen LogP contribution in [0.15, 0.2) is 18.2 Å². The van der Waals surface area contributed by atoms with Crippen LogP contribution < -0.4 is 5.32 Å². The highest BCUT2D eigenvalue weighted by Crippen LogP contribution is 2.27. The van der Waals surface area contributed by atoms with Crippen molar-refractivity contribution in [1.29, 1.82) is 0 Å². The van der Waals surface area contributed by atoms with E-state index in [-0.39, 0.29) is 12.2 Å². The highest BCUT2D eigenvalue weighted by atomic mass is 16.6. The third-order valence-electron chi connectivity index (χ3n) is 4.26. The van der Waals surface area contributed by atoms with Gasteiger partial charge >= 0.3 is 6.09 Å². The number of carbonyl (C=O) groups is 1. The van der Waals surface area contributed by atoms with Crippen molar-refractivity contribution in [3.05, 3.63) is 29.3 Å². The molecule has 20 heavy (non-hydrogen) atoms. The Balaban J connectivity index is 2.01. The van der Waals surface area contributed by atoms with Crippen molar-refractivity contribution in [3.8, 4) is 0 Å². The van der Waals surface area contributed by atoms with E-state index in [0.717, 1.165) is 42.5 Å². The average Bonchev–Trinajstić information content (AvgIpc) is 2.43. The minimum absolute atomic E-state index is 0.0674. The molecule has 0 bridgehead atoms. The largest absolute Gasteiger partial charge is 0.446 e. The van der Waals surface area contributed by atoms with Crippen LogP contribution in [0.25, 0.3) is 0 Å². The second-order valence-electron chi connectivity index (χ2n) is 5.79. The maximum atomic E-state index is 12.1. The maximum Gasteiger partial charge on any atom is 0.411 e. The molecule has 3 heteroatoms. The smallest absolute Gasteiger partial charge is 0.411 e. The van der Waals surface area contributed by atoms with Crippen molar-refractivity contribution in [3.63, 3.8) is 0 Å². The van der Waals surface area contributed by atoms with Gasteiger partial charge < -0.3 is 4.74 Å². The summed E-state index contributed by atoms with van der Waals surface area (Å²) in [5.41, 5.74) is 3.14. The van der Waals surface area contributed by atoms with Gasteiger partial charge in [-0.2, -0.15) is 0 Å². The lowest BCUT2D eigenvalue weighted by Crippen LogP contribution is -2.30. The van der Waals surface area contributed by atoms with Crippen molar-refractivity contribution in [2.24, 2.45) is 5.92 Å². The number of para-hydroxylation sites is 1. The van der Waals surface area contributed by atoms with E-state index in [2.05, 4.69) is 19.2 Å². The van der Waals surface area contributed by atoms with Crippen LogP contribution in [0.3, 0.4) is 0 Å². The number of anilines is 1. The Labute approximate surface area is 121 Å². The van der Waals surface area contributed by atoms with Crippen molar-refractivity contribution < 1.29 is 9.53 Å². The molecule has 0 aliphatic heterocycles. The van der Waals surface area contributed by atoms with E-state index in [9.17, 15) is 4.79 Å².